The van der Waals surface area contributed by atoms with Crippen LogP contribution in [0.25, 0.3) is 0 Å². The molecule has 0 heterocycles. The largest absolute Gasteiger partial charge is 1.00 e. The van der Waals surface area contributed by atoms with E-state index in [1.807, 2.05) is 0 Å². The summed E-state index contributed by atoms with van der Waals surface area (Å²) in [5.41, 5.74) is 4.86. The summed E-state index contributed by atoms with van der Waals surface area (Å²) in [7, 11) is -4.37. The van der Waals surface area contributed by atoms with Crippen LogP contribution < -0.4 is 48.6 Å². The molecular formula is C6H9Li2NO6S. The van der Waals surface area contributed by atoms with Gasteiger partial charge in [0.1, 0.15) is 5.94 Å². The number of hydrogen-bond donors (Lipinski definition) is 1. The summed E-state index contributed by atoms with van der Waals surface area (Å²) in [5.74, 6) is -1.09. The van der Waals surface area contributed by atoms with Crippen molar-refractivity contribution in [1.82, 2.24) is 0 Å². The summed E-state index contributed by atoms with van der Waals surface area (Å²) >= 11 is 0. The third-order valence-corrected chi connectivity index (χ3v) is 1.72. The van der Waals surface area contributed by atoms with E-state index in [9.17, 15) is 22.9 Å². The van der Waals surface area contributed by atoms with Gasteiger partial charge < -0.3 is 20.2 Å². The molecule has 16 heavy (non-hydrogen) atoms. The molecule has 10 heteroatoms. The van der Waals surface area contributed by atoms with Crippen molar-refractivity contribution in [2.75, 3.05) is 5.75 Å². The van der Waals surface area contributed by atoms with E-state index in [1.165, 1.54) is 5.94 Å². The summed E-state index contributed by atoms with van der Waals surface area (Å²) in [6.45, 7) is 2.68. The number of hydrogen-bond acceptors (Lipinski definition) is 7. The average molecular weight is 237 g/mol. The first-order valence-electron chi connectivity index (χ1n) is 3.28. The number of carbonyl (C=O) groups is 1. The SMILES string of the molecule is C=C=O.NC(CCS(=O)(=O)[O-])C(=O)[O-].[Li+].[Li+]. The van der Waals surface area contributed by atoms with E-state index in [-0.39, 0.29) is 37.7 Å². The number of carboxylic acid groups (broad SMARTS) is 1. The van der Waals surface area contributed by atoms with Crippen molar-refractivity contribution in [3.05, 3.63) is 6.58 Å². The monoisotopic (exact) mass is 237 g/mol. The Balaban J connectivity index is -0.000000129. The van der Waals surface area contributed by atoms with Gasteiger partial charge in [0.15, 0.2) is 0 Å². The second kappa shape index (κ2) is 13.1. The van der Waals surface area contributed by atoms with Crippen LogP contribution in [0.1, 0.15) is 6.42 Å². The maximum atomic E-state index is 9.93. The van der Waals surface area contributed by atoms with Crippen LogP contribution in [0.2, 0.25) is 0 Å². The molecule has 1 unspecified atom stereocenters. The van der Waals surface area contributed by atoms with E-state index in [2.05, 4.69) is 6.58 Å². The van der Waals surface area contributed by atoms with E-state index in [4.69, 9.17) is 10.5 Å². The zero-order valence-electron chi connectivity index (χ0n) is 9.13. The normalized spacial score (nSPS) is 10.4. The molecule has 0 bridgehead atoms. The molecule has 2 N–H and O–H groups in total. The Labute approximate surface area is 118 Å². The van der Waals surface area contributed by atoms with Crippen LogP contribution in [-0.2, 0) is 19.7 Å². The van der Waals surface area contributed by atoms with Crippen LogP contribution in [0.4, 0.5) is 0 Å². The minimum atomic E-state index is -4.37. The van der Waals surface area contributed by atoms with Gasteiger partial charge in [0, 0.05) is 11.8 Å². The Morgan fingerprint density at radius 2 is 1.75 bits per heavy atom. The first-order valence-corrected chi connectivity index (χ1v) is 4.86. The zero-order valence-corrected chi connectivity index (χ0v) is 9.95. The predicted molar refractivity (Wildman–Crippen MR) is 43.5 cm³/mol. The summed E-state index contributed by atoms with van der Waals surface area (Å²) in [4.78, 5) is 18.5. The molecule has 0 spiro atoms. The molecule has 0 aromatic heterocycles. The fourth-order valence-electron chi connectivity index (χ4n) is 0.389. The molecule has 0 aromatic rings. The zero-order chi connectivity index (χ0) is 11.8. The van der Waals surface area contributed by atoms with Gasteiger partial charge in [-0.1, -0.05) is 0 Å². The number of rotatable bonds is 4. The molecule has 0 saturated carbocycles. The van der Waals surface area contributed by atoms with E-state index in [0.29, 0.717) is 0 Å². The van der Waals surface area contributed by atoms with Crippen molar-refractivity contribution in [3.63, 3.8) is 0 Å². The molecule has 1 atom stereocenters. The topological polar surface area (TPSA) is 140 Å². The van der Waals surface area contributed by atoms with Crippen LogP contribution in [0, 0.1) is 0 Å². The molecule has 0 radical (unpaired) electrons. The van der Waals surface area contributed by atoms with Crippen LogP contribution in [0.5, 0.6) is 0 Å². The number of carboxylic acids is 1. The average Bonchev–Trinajstić information content (AvgIpc) is 2.00. The molecule has 0 aliphatic heterocycles. The second-order valence-corrected chi connectivity index (χ2v) is 3.64. The number of nitrogens with two attached hydrogens (primary N) is 1. The maximum Gasteiger partial charge on any atom is 1.00 e. The Hall–Kier alpha value is -0.0152. The minimum absolute atomic E-state index is 0. The van der Waals surface area contributed by atoms with Gasteiger partial charge in [0.25, 0.3) is 0 Å². The maximum absolute atomic E-state index is 9.93. The van der Waals surface area contributed by atoms with E-state index in [1.54, 1.807) is 0 Å². The van der Waals surface area contributed by atoms with E-state index in [0.717, 1.165) is 0 Å². The van der Waals surface area contributed by atoms with Crippen molar-refractivity contribution in [1.29, 1.82) is 0 Å². The standard InChI is InChI=1S/C4H9NO5S.C2H2O.2Li/c5-3(4(6)7)1-2-11(8,9)10;1-2-3;;/h3H,1-2,5H2,(H,6,7)(H,8,9,10);1H2;;/q;;2*+1/p-2. The van der Waals surface area contributed by atoms with Gasteiger partial charge in [-0.25, -0.2) is 13.2 Å². The summed E-state index contributed by atoms with van der Waals surface area (Å²) < 4.78 is 29.8. The smallest absolute Gasteiger partial charge is 0.748 e. The Kier molecular flexibility index (Phi) is 20.4. The second-order valence-electron chi connectivity index (χ2n) is 2.12. The Bertz CT molecular complexity index is 311. The third kappa shape index (κ3) is 23.7. The quantitative estimate of drug-likeness (QED) is 0.290. The first-order chi connectivity index (χ1) is 6.24. The molecule has 7 nitrogen and oxygen atoms in total. The number of aliphatic carboxylic acids is 1. The van der Waals surface area contributed by atoms with Gasteiger partial charge in [0.2, 0.25) is 0 Å². The molecule has 0 saturated heterocycles. The van der Waals surface area contributed by atoms with Crippen molar-refractivity contribution in [2.45, 2.75) is 12.5 Å². The van der Waals surface area contributed by atoms with Gasteiger partial charge >= 0.3 is 37.7 Å². The van der Waals surface area contributed by atoms with Gasteiger partial charge in [-0.2, -0.15) is 0 Å². The summed E-state index contributed by atoms with van der Waals surface area (Å²) in [6, 6.07) is -1.39. The summed E-state index contributed by atoms with van der Waals surface area (Å²) in [6.07, 6.45) is -0.409. The number of carbonyl (C=O) groups excluding carboxylic acids is 2. The Morgan fingerprint density at radius 1 is 1.44 bits per heavy atom. The molecule has 0 aliphatic carbocycles. The van der Waals surface area contributed by atoms with Crippen molar-refractivity contribution >= 4 is 22.0 Å². The predicted octanol–water partition coefficient (Wildman–Crippen LogP) is -8.99. The van der Waals surface area contributed by atoms with E-state index < -0.39 is 34.3 Å². The third-order valence-electron chi connectivity index (χ3n) is 0.982. The van der Waals surface area contributed by atoms with Crippen molar-refractivity contribution in [3.8, 4) is 0 Å². The summed E-state index contributed by atoms with van der Waals surface area (Å²) in [5, 5.41) is 9.88. The molecule has 0 fully saturated rings. The molecule has 0 aromatic carbocycles. The van der Waals surface area contributed by atoms with Crippen LogP contribution in [0.3, 0.4) is 0 Å². The van der Waals surface area contributed by atoms with E-state index >= 15 is 0 Å². The molecule has 0 rings (SSSR count). The van der Waals surface area contributed by atoms with Gasteiger partial charge in [0.05, 0.1) is 16.1 Å². The minimum Gasteiger partial charge on any atom is -0.748 e. The van der Waals surface area contributed by atoms with Crippen LogP contribution in [-0.4, -0.2) is 36.7 Å². The van der Waals surface area contributed by atoms with Crippen molar-refractivity contribution in [2.24, 2.45) is 5.73 Å². The van der Waals surface area contributed by atoms with Gasteiger partial charge in [-0.3, -0.25) is 0 Å². The molecule has 0 aliphatic rings. The Morgan fingerprint density at radius 3 is 1.94 bits per heavy atom. The molecular weight excluding hydrogens is 228 g/mol. The van der Waals surface area contributed by atoms with Gasteiger partial charge in [-0.15, -0.1) is 0 Å². The van der Waals surface area contributed by atoms with Crippen LogP contribution >= 0.6 is 0 Å². The molecule has 82 valence electrons. The van der Waals surface area contributed by atoms with Crippen LogP contribution in [0.15, 0.2) is 6.58 Å². The van der Waals surface area contributed by atoms with Gasteiger partial charge in [-0.05, 0) is 13.0 Å². The fourth-order valence-corrected chi connectivity index (χ4v) is 0.932. The fraction of sp³-hybridized carbons (Fsp3) is 0.500. The van der Waals surface area contributed by atoms with Crippen molar-refractivity contribution < 1.29 is 65.4 Å². The molecule has 0 amide bonds. The first kappa shape index (κ1) is 25.0.